The van der Waals surface area contributed by atoms with E-state index in [1.807, 2.05) is 30.3 Å². The summed E-state index contributed by atoms with van der Waals surface area (Å²) in [6.07, 6.45) is 1.62. The van der Waals surface area contributed by atoms with Crippen molar-refractivity contribution >= 4 is 15.7 Å². The van der Waals surface area contributed by atoms with Gasteiger partial charge in [0.15, 0.2) is 15.7 Å². The number of aromatic nitrogens is 2. The van der Waals surface area contributed by atoms with Gasteiger partial charge in [-0.25, -0.2) is 18.4 Å². The van der Waals surface area contributed by atoms with E-state index in [0.717, 1.165) is 48.6 Å². The first-order valence-electron chi connectivity index (χ1n) is 8.71. The fourth-order valence-electron chi connectivity index (χ4n) is 3.50. The van der Waals surface area contributed by atoms with Crippen LogP contribution < -0.4 is 10.6 Å². The van der Waals surface area contributed by atoms with Gasteiger partial charge in [0, 0.05) is 24.2 Å². The Hall–Kier alpha value is -1.99. The number of hydrogen-bond donors (Lipinski definition) is 2. The number of fused-ring (bicyclic) bond motifs is 1. The normalized spacial score (nSPS) is 21.7. The average Bonchev–Trinajstić information content (AvgIpc) is 2.99. The van der Waals surface area contributed by atoms with Gasteiger partial charge in [-0.1, -0.05) is 30.3 Å². The molecule has 25 heavy (non-hydrogen) atoms. The minimum Gasteiger partial charge on any atom is -0.369 e. The van der Waals surface area contributed by atoms with Gasteiger partial charge in [-0.05, 0) is 25.3 Å². The highest BCUT2D eigenvalue weighted by Gasteiger charge is 2.28. The van der Waals surface area contributed by atoms with Gasteiger partial charge in [-0.3, -0.25) is 0 Å². The van der Waals surface area contributed by atoms with Crippen molar-refractivity contribution in [3.05, 3.63) is 41.6 Å². The van der Waals surface area contributed by atoms with Crippen molar-refractivity contribution in [1.29, 1.82) is 0 Å². The molecule has 6 nitrogen and oxygen atoms in total. The molecule has 1 fully saturated rings. The molecule has 2 aliphatic heterocycles. The molecule has 1 aromatic carbocycles. The first-order valence-corrected chi connectivity index (χ1v) is 10.5. The van der Waals surface area contributed by atoms with Gasteiger partial charge in [0.05, 0.1) is 17.2 Å². The molecule has 2 aromatic rings. The number of benzene rings is 1. The zero-order valence-corrected chi connectivity index (χ0v) is 14.8. The first kappa shape index (κ1) is 16.5. The highest BCUT2D eigenvalue weighted by Crippen LogP contribution is 2.26. The van der Waals surface area contributed by atoms with Crippen molar-refractivity contribution < 1.29 is 8.42 Å². The summed E-state index contributed by atoms with van der Waals surface area (Å²) in [4.78, 5) is 9.49. The Morgan fingerprint density at radius 1 is 1.20 bits per heavy atom. The Kier molecular flexibility index (Phi) is 4.43. The number of nitrogens with one attached hydrogen (secondary N) is 2. The lowest BCUT2D eigenvalue weighted by Gasteiger charge is -2.21. The molecule has 0 aliphatic carbocycles. The lowest BCUT2D eigenvalue weighted by atomic mass is 10.1. The van der Waals surface area contributed by atoms with E-state index in [1.54, 1.807) is 0 Å². The molecule has 0 amide bonds. The average molecular weight is 358 g/mol. The van der Waals surface area contributed by atoms with Crippen molar-refractivity contribution in [2.75, 3.05) is 29.9 Å². The van der Waals surface area contributed by atoms with E-state index < -0.39 is 9.84 Å². The van der Waals surface area contributed by atoms with Crippen LogP contribution in [-0.4, -0.2) is 43.0 Å². The fraction of sp³-hybridized carbons (Fsp3) is 0.444. The van der Waals surface area contributed by atoms with Crippen LogP contribution in [0.4, 0.5) is 5.82 Å². The summed E-state index contributed by atoms with van der Waals surface area (Å²) in [5.41, 5.74) is 3.17. The summed E-state index contributed by atoms with van der Waals surface area (Å²) < 4.78 is 23.3. The maximum absolute atomic E-state index is 11.7. The van der Waals surface area contributed by atoms with E-state index in [4.69, 9.17) is 9.97 Å². The van der Waals surface area contributed by atoms with Crippen LogP contribution in [0.3, 0.4) is 0 Å². The lowest BCUT2D eigenvalue weighted by Crippen LogP contribution is -2.27. The second-order valence-corrected chi connectivity index (χ2v) is 8.99. The highest BCUT2D eigenvalue weighted by atomic mass is 32.2. The zero-order valence-electron chi connectivity index (χ0n) is 14.0. The van der Waals surface area contributed by atoms with Crippen molar-refractivity contribution in [2.45, 2.75) is 19.4 Å². The summed E-state index contributed by atoms with van der Waals surface area (Å²) in [5.74, 6) is 2.32. The van der Waals surface area contributed by atoms with Crippen LogP contribution in [0.25, 0.3) is 11.4 Å². The zero-order chi connectivity index (χ0) is 17.3. The number of anilines is 1. The third kappa shape index (κ3) is 3.67. The van der Waals surface area contributed by atoms with Crippen LogP contribution in [-0.2, 0) is 22.8 Å². The predicted molar refractivity (Wildman–Crippen MR) is 98.1 cm³/mol. The SMILES string of the molecule is O=S1(=O)CC[C@@H](CNc2nc(-c3ccccc3)nc3c2CCNC3)C1. The van der Waals surface area contributed by atoms with Crippen LogP contribution in [0.15, 0.2) is 30.3 Å². The number of sulfone groups is 1. The molecule has 1 aromatic heterocycles. The standard InChI is InChI=1S/C18H22N4O2S/c23-25(24)9-7-13(12-25)10-20-18-15-6-8-19-11-16(15)21-17(22-18)14-4-2-1-3-5-14/h1-5,13,19H,6-12H2,(H,20,21,22)/t13-/m0/s1. The van der Waals surface area contributed by atoms with Crippen molar-refractivity contribution in [1.82, 2.24) is 15.3 Å². The van der Waals surface area contributed by atoms with Gasteiger partial charge < -0.3 is 10.6 Å². The number of rotatable bonds is 4. The Morgan fingerprint density at radius 2 is 2.04 bits per heavy atom. The highest BCUT2D eigenvalue weighted by molar-refractivity contribution is 7.91. The monoisotopic (exact) mass is 358 g/mol. The molecule has 2 aliphatic rings. The van der Waals surface area contributed by atoms with Gasteiger partial charge in [0.1, 0.15) is 5.82 Å². The summed E-state index contributed by atoms with van der Waals surface area (Å²) in [5, 5.41) is 6.78. The van der Waals surface area contributed by atoms with Crippen LogP contribution in [0, 0.1) is 5.92 Å². The second kappa shape index (κ2) is 6.72. The molecule has 0 radical (unpaired) electrons. The van der Waals surface area contributed by atoms with Crippen LogP contribution in [0.1, 0.15) is 17.7 Å². The smallest absolute Gasteiger partial charge is 0.161 e. The largest absolute Gasteiger partial charge is 0.369 e. The molecule has 4 rings (SSSR count). The Bertz CT molecular complexity index is 868. The Labute approximate surface area is 148 Å². The van der Waals surface area contributed by atoms with Crippen molar-refractivity contribution in [3.8, 4) is 11.4 Å². The molecule has 1 atom stereocenters. The van der Waals surface area contributed by atoms with Crippen LogP contribution >= 0.6 is 0 Å². The van der Waals surface area contributed by atoms with Crippen molar-refractivity contribution in [3.63, 3.8) is 0 Å². The number of nitrogens with zero attached hydrogens (tertiary/aromatic N) is 2. The lowest BCUT2D eigenvalue weighted by molar-refractivity contribution is 0.594. The van der Waals surface area contributed by atoms with E-state index >= 15 is 0 Å². The maximum Gasteiger partial charge on any atom is 0.161 e. The summed E-state index contributed by atoms with van der Waals surface area (Å²) in [7, 11) is -2.85. The molecule has 132 valence electrons. The second-order valence-electron chi connectivity index (χ2n) is 6.76. The van der Waals surface area contributed by atoms with Gasteiger partial charge in [0.2, 0.25) is 0 Å². The van der Waals surface area contributed by atoms with E-state index in [2.05, 4.69) is 10.6 Å². The van der Waals surface area contributed by atoms with Gasteiger partial charge >= 0.3 is 0 Å². The molecule has 0 spiro atoms. The third-order valence-electron chi connectivity index (χ3n) is 4.85. The van der Waals surface area contributed by atoms with E-state index in [0.29, 0.717) is 18.1 Å². The minimum atomic E-state index is -2.85. The first-order chi connectivity index (χ1) is 12.1. The molecule has 3 heterocycles. The molecular formula is C18H22N4O2S. The van der Waals surface area contributed by atoms with E-state index in [-0.39, 0.29) is 11.7 Å². The van der Waals surface area contributed by atoms with Crippen LogP contribution in [0.5, 0.6) is 0 Å². The summed E-state index contributed by atoms with van der Waals surface area (Å²) in [6.45, 7) is 2.29. The van der Waals surface area contributed by atoms with Crippen LogP contribution in [0.2, 0.25) is 0 Å². The van der Waals surface area contributed by atoms with Gasteiger partial charge in [-0.15, -0.1) is 0 Å². The minimum absolute atomic E-state index is 0.164. The molecular weight excluding hydrogens is 336 g/mol. The summed E-state index contributed by atoms with van der Waals surface area (Å²) >= 11 is 0. The fourth-order valence-corrected chi connectivity index (χ4v) is 5.36. The molecule has 0 saturated carbocycles. The predicted octanol–water partition coefficient (Wildman–Crippen LogP) is 1.64. The molecule has 1 saturated heterocycles. The third-order valence-corrected chi connectivity index (χ3v) is 6.69. The van der Waals surface area contributed by atoms with E-state index in [1.165, 1.54) is 0 Å². The molecule has 0 bridgehead atoms. The summed E-state index contributed by atoms with van der Waals surface area (Å²) in [6, 6.07) is 9.94. The Morgan fingerprint density at radius 3 is 2.80 bits per heavy atom. The van der Waals surface area contributed by atoms with E-state index in [9.17, 15) is 8.42 Å². The molecule has 2 N–H and O–H groups in total. The molecule has 0 unspecified atom stereocenters. The maximum atomic E-state index is 11.7. The van der Waals surface area contributed by atoms with Gasteiger partial charge in [-0.2, -0.15) is 0 Å². The Balaban J connectivity index is 1.61. The van der Waals surface area contributed by atoms with Gasteiger partial charge in [0.25, 0.3) is 0 Å². The molecule has 7 heteroatoms. The quantitative estimate of drug-likeness (QED) is 0.864. The number of hydrogen-bond acceptors (Lipinski definition) is 6. The topological polar surface area (TPSA) is 84.0 Å². The van der Waals surface area contributed by atoms with Crippen molar-refractivity contribution in [2.24, 2.45) is 5.92 Å².